The maximum atomic E-state index is 13.9. The van der Waals surface area contributed by atoms with E-state index in [2.05, 4.69) is 0 Å². The van der Waals surface area contributed by atoms with Gasteiger partial charge in [0.25, 0.3) is 7.37 Å². The first kappa shape index (κ1) is 22.3. The van der Waals surface area contributed by atoms with Crippen molar-refractivity contribution < 1.29 is 23.7 Å². The third-order valence-electron chi connectivity index (χ3n) is 4.35. The topological polar surface area (TPSA) is 68.2 Å². The zero-order chi connectivity index (χ0) is 20.9. The van der Waals surface area contributed by atoms with Crippen LogP contribution >= 0.6 is 7.37 Å². The molecule has 28 heavy (non-hydrogen) atoms. The van der Waals surface area contributed by atoms with Crippen LogP contribution in [0.5, 0.6) is 11.5 Å². The molecule has 0 fully saturated rings. The van der Waals surface area contributed by atoms with E-state index in [4.69, 9.17) is 14.0 Å². The van der Waals surface area contributed by atoms with E-state index in [0.29, 0.717) is 22.4 Å². The van der Waals surface area contributed by atoms with Crippen molar-refractivity contribution in [2.75, 3.05) is 39.8 Å². The summed E-state index contributed by atoms with van der Waals surface area (Å²) in [7, 11) is 3.32. The minimum absolute atomic E-state index is 0.173. The molecule has 2 atom stereocenters. The maximum Gasteiger partial charge on any atom is 0.264 e. The monoisotopic (exact) mass is 407 g/mol. The van der Waals surface area contributed by atoms with E-state index in [1.54, 1.807) is 30.3 Å². The first-order valence-electron chi connectivity index (χ1n) is 9.15. The first-order chi connectivity index (χ1) is 13.2. The Morgan fingerprint density at radius 2 is 1.61 bits per heavy atom. The van der Waals surface area contributed by atoms with Gasteiger partial charge in [0.1, 0.15) is 0 Å². The Hall–Kier alpha value is -2.01. The molecular formula is C21H30NO5P. The van der Waals surface area contributed by atoms with Crippen molar-refractivity contribution in [3.8, 4) is 11.5 Å². The van der Waals surface area contributed by atoms with Crippen molar-refractivity contribution in [1.82, 2.24) is 0 Å². The Labute approximate surface area is 167 Å². The molecule has 7 heteroatoms. The van der Waals surface area contributed by atoms with Crippen LogP contribution in [0.25, 0.3) is 0 Å². The highest BCUT2D eigenvalue weighted by molar-refractivity contribution is 7.67. The van der Waals surface area contributed by atoms with Crippen LogP contribution in [0.3, 0.4) is 0 Å². The van der Waals surface area contributed by atoms with Gasteiger partial charge in [-0.2, -0.15) is 0 Å². The molecule has 0 aromatic heterocycles. The van der Waals surface area contributed by atoms with E-state index in [-0.39, 0.29) is 12.5 Å². The highest BCUT2D eigenvalue weighted by Crippen LogP contribution is 2.58. The SMILES string of the molecule is COc1ccc([C@@H](O)[P@@](=O)(OCC(C)C)c2ccc(N(C)C)cc2)cc1OC. The number of hydrogen-bond donors (Lipinski definition) is 1. The van der Waals surface area contributed by atoms with Gasteiger partial charge in [-0.1, -0.05) is 19.9 Å². The Morgan fingerprint density at radius 1 is 1.00 bits per heavy atom. The number of hydrogen-bond acceptors (Lipinski definition) is 6. The number of anilines is 1. The molecule has 0 aliphatic heterocycles. The van der Waals surface area contributed by atoms with Crippen LogP contribution in [0.2, 0.25) is 0 Å². The van der Waals surface area contributed by atoms with E-state index in [9.17, 15) is 9.67 Å². The molecule has 0 radical (unpaired) electrons. The highest BCUT2D eigenvalue weighted by Gasteiger charge is 2.37. The van der Waals surface area contributed by atoms with Crippen molar-refractivity contribution in [1.29, 1.82) is 0 Å². The van der Waals surface area contributed by atoms with Gasteiger partial charge in [-0.25, -0.2) is 0 Å². The molecule has 0 aliphatic rings. The summed E-state index contributed by atoms with van der Waals surface area (Å²) < 4.78 is 30.3. The summed E-state index contributed by atoms with van der Waals surface area (Å²) >= 11 is 0. The Bertz CT molecular complexity index is 820. The molecular weight excluding hydrogens is 377 g/mol. The standard InChI is InChI=1S/C21H30NO5P/c1-15(2)14-27-28(24,18-10-8-17(9-11-18)22(3)4)21(23)16-7-12-19(25-5)20(13-16)26-6/h7-13,15,21,23H,14H2,1-6H3/t21-,28-/m0/s1. The van der Waals surface area contributed by atoms with Crippen molar-refractivity contribution in [2.45, 2.75) is 19.7 Å². The molecule has 154 valence electrons. The number of ether oxygens (including phenoxy) is 2. The fourth-order valence-corrected chi connectivity index (χ4v) is 4.92. The quantitative estimate of drug-likeness (QED) is 0.633. The number of rotatable bonds is 9. The average Bonchev–Trinajstić information content (AvgIpc) is 2.70. The minimum atomic E-state index is -3.60. The molecule has 0 spiro atoms. The van der Waals surface area contributed by atoms with Gasteiger partial charge in [-0.3, -0.25) is 4.57 Å². The predicted molar refractivity (Wildman–Crippen MR) is 113 cm³/mol. The summed E-state index contributed by atoms with van der Waals surface area (Å²) in [5.74, 6) is -0.160. The Morgan fingerprint density at radius 3 is 2.11 bits per heavy atom. The lowest BCUT2D eigenvalue weighted by Gasteiger charge is -2.26. The summed E-state index contributed by atoms with van der Waals surface area (Å²) in [5.41, 5.74) is 1.42. The zero-order valence-electron chi connectivity index (χ0n) is 17.4. The van der Waals surface area contributed by atoms with Crippen LogP contribution in [-0.2, 0) is 9.09 Å². The van der Waals surface area contributed by atoms with E-state index < -0.39 is 13.2 Å². The zero-order valence-corrected chi connectivity index (χ0v) is 18.3. The molecule has 6 nitrogen and oxygen atoms in total. The highest BCUT2D eigenvalue weighted by atomic mass is 31.2. The molecule has 0 heterocycles. The van der Waals surface area contributed by atoms with Gasteiger partial charge >= 0.3 is 0 Å². The fourth-order valence-electron chi connectivity index (χ4n) is 2.71. The van der Waals surface area contributed by atoms with Gasteiger partial charge in [0.05, 0.1) is 20.8 Å². The lowest BCUT2D eigenvalue weighted by atomic mass is 10.2. The minimum Gasteiger partial charge on any atom is -0.493 e. The summed E-state index contributed by atoms with van der Waals surface area (Å²) in [5, 5.41) is 11.5. The van der Waals surface area contributed by atoms with Crippen LogP contribution in [0, 0.1) is 5.92 Å². The molecule has 2 aromatic rings. The molecule has 2 rings (SSSR count). The number of aliphatic hydroxyl groups excluding tert-OH is 1. The molecule has 0 unspecified atom stereocenters. The van der Waals surface area contributed by atoms with Crippen LogP contribution in [0.15, 0.2) is 42.5 Å². The van der Waals surface area contributed by atoms with Crippen LogP contribution in [-0.4, -0.2) is 40.0 Å². The van der Waals surface area contributed by atoms with Crippen molar-refractivity contribution in [2.24, 2.45) is 5.92 Å². The van der Waals surface area contributed by atoms with Gasteiger partial charge < -0.3 is 24.0 Å². The van der Waals surface area contributed by atoms with Gasteiger partial charge in [0.2, 0.25) is 0 Å². The lowest BCUT2D eigenvalue weighted by Crippen LogP contribution is -2.17. The van der Waals surface area contributed by atoms with Crippen LogP contribution < -0.4 is 19.7 Å². The molecule has 0 aliphatic carbocycles. The van der Waals surface area contributed by atoms with Crippen LogP contribution in [0.1, 0.15) is 25.3 Å². The third kappa shape index (κ3) is 4.88. The second-order valence-electron chi connectivity index (χ2n) is 7.19. The molecule has 2 aromatic carbocycles. The normalized spacial score (nSPS) is 14.4. The molecule has 0 bridgehead atoms. The second kappa shape index (κ2) is 9.46. The molecule has 0 saturated heterocycles. The molecule has 0 amide bonds. The van der Waals surface area contributed by atoms with Crippen molar-refractivity contribution >= 4 is 18.4 Å². The summed E-state index contributed by atoms with van der Waals surface area (Å²) in [4.78, 5) is 1.95. The van der Waals surface area contributed by atoms with Crippen LogP contribution in [0.4, 0.5) is 5.69 Å². The first-order valence-corrected chi connectivity index (χ1v) is 10.8. The van der Waals surface area contributed by atoms with Gasteiger partial charge in [0.15, 0.2) is 17.3 Å². The maximum absolute atomic E-state index is 13.9. The summed E-state index contributed by atoms with van der Waals surface area (Å²) in [6.45, 7) is 4.22. The smallest absolute Gasteiger partial charge is 0.264 e. The number of aliphatic hydroxyl groups is 1. The van der Waals surface area contributed by atoms with Gasteiger partial charge in [0, 0.05) is 25.1 Å². The number of nitrogens with zero attached hydrogens (tertiary/aromatic N) is 1. The van der Waals surface area contributed by atoms with E-state index in [0.717, 1.165) is 5.69 Å². The number of benzene rings is 2. The average molecular weight is 407 g/mol. The third-order valence-corrected chi connectivity index (χ3v) is 6.85. The van der Waals surface area contributed by atoms with E-state index in [1.807, 2.05) is 45.0 Å². The van der Waals surface area contributed by atoms with Gasteiger partial charge in [-0.05, 0) is 47.9 Å². The fraction of sp³-hybridized carbons (Fsp3) is 0.429. The number of methoxy groups -OCH3 is 2. The van der Waals surface area contributed by atoms with E-state index in [1.165, 1.54) is 14.2 Å². The van der Waals surface area contributed by atoms with Crippen molar-refractivity contribution in [3.63, 3.8) is 0 Å². The Kier molecular flexibility index (Phi) is 7.53. The molecule has 1 N–H and O–H groups in total. The second-order valence-corrected chi connectivity index (χ2v) is 9.64. The lowest BCUT2D eigenvalue weighted by molar-refractivity contribution is 0.202. The van der Waals surface area contributed by atoms with Crippen molar-refractivity contribution in [3.05, 3.63) is 48.0 Å². The Balaban J connectivity index is 2.48. The molecule has 0 saturated carbocycles. The van der Waals surface area contributed by atoms with Gasteiger partial charge in [-0.15, -0.1) is 0 Å². The summed E-state index contributed by atoms with van der Waals surface area (Å²) in [6, 6.07) is 12.2. The largest absolute Gasteiger partial charge is 0.493 e. The summed E-state index contributed by atoms with van der Waals surface area (Å²) in [6.07, 6.45) is 0. The van der Waals surface area contributed by atoms with E-state index >= 15 is 0 Å². The predicted octanol–water partition coefficient (Wildman–Crippen LogP) is 4.04.